The number of nitrogens with zero attached hydrogens (tertiary/aromatic N) is 2. The van der Waals surface area contributed by atoms with E-state index in [0.29, 0.717) is 5.92 Å². The highest BCUT2D eigenvalue weighted by Crippen LogP contribution is 2.43. The molecule has 20 heavy (non-hydrogen) atoms. The predicted octanol–water partition coefficient (Wildman–Crippen LogP) is 1.92. The summed E-state index contributed by atoms with van der Waals surface area (Å²) in [6.45, 7) is 5.39. The fourth-order valence-electron chi connectivity index (χ4n) is 2.91. The molecule has 2 fully saturated rings. The van der Waals surface area contributed by atoms with E-state index in [1.807, 2.05) is 6.07 Å². The number of non-ortho nitro benzene ring substituents is 1. The van der Waals surface area contributed by atoms with Gasteiger partial charge in [0.2, 0.25) is 0 Å². The smallest absolute Gasteiger partial charge is 0.269 e. The molecule has 2 aliphatic rings. The lowest BCUT2D eigenvalue weighted by Gasteiger charge is -2.27. The summed E-state index contributed by atoms with van der Waals surface area (Å²) in [6, 6.07) is 5.41. The molecule has 0 amide bonds. The van der Waals surface area contributed by atoms with E-state index in [4.69, 9.17) is 0 Å². The van der Waals surface area contributed by atoms with E-state index in [0.717, 1.165) is 39.1 Å². The topological polar surface area (TPSA) is 58.4 Å². The second kappa shape index (κ2) is 5.89. The van der Waals surface area contributed by atoms with Crippen molar-refractivity contribution < 1.29 is 4.92 Å². The summed E-state index contributed by atoms with van der Waals surface area (Å²) in [6.07, 6.45) is 3.37. The van der Waals surface area contributed by atoms with E-state index in [1.165, 1.54) is 24.0 Å². The standard InChI is InChI=1S/C15H21N3O2/c19-18(20)14-4-3-13(15(11-14)12-1-2-12)5-8-17-9-6-16-7-10-17/h3-4,11-12,16H,1-2,5-10H2. The van der Waals surface area contributed by atoms with Gasteiger partial charge in [0.1, 0.15) is 0 Å². The van der Waals surface area contributed by atoms with Crippen molar-refractivity contribution >= 4 is 5.69 Å². The molecular formula is C15H21N3O2. The Kier molecular flexibility index (Phi) is 3.98. The number of nitro benzene ring substituents is 1. The molecule has 3 rings (SSSR count). The summed E-state index contributed by atoms with van der Waals surface area (Å²) in [5.74, 6) is 0.563. The third kappa shape index (κ3) is 3.16. The van der Waals surface area contributed by atoms with Crippen LogP contribution in [0.4, 0.5) is 5.69 Å². The molecule has 0 aromatic heterocycles. The Morgan fingerprint density at radius 1 is 1.30 bits per heavy atom. The minimum Gasteiger partial charge on any atom is -0.314 e. The second-order valence-electron chi connectivity index (χ2n) is 5.76. The van der Waals surface area contributed by atoms with Crippen LogP contribution in [-0.2, 0) is 6.42 Å². The molecule has 108 valence electrons. The Morgan fingerprint density at radius 2 is 2.05 bits per heavy atom. The first-order valence-corrected chi connectivity index (χ1v) is 7.44. The lowest BCUT2D eigenvalue weighted by Crippen LogP contribution is -2.44. The van der Waals surface area contributed by atoms with Crippen LogP contribution >= 0.6 is 0 Å². The number of nitrogens with one attached hydrogen (secondary N) is 1. The summed E-state index contributed by atoms with van der Waals surface area (Å²) in [7, 11) is 0. The Balaban J connectivity index is 1.69. The normalized spacial score (nSPS) is 20.0. The molecule has 1 N–H and O–H groups in total. The predicted molar refractivity (Wildman–Crippen MR) is 78.1 cm³/mol. The number of piperazine rings is 1. The zero-order valence-corrected chi connectivity index (χ0v) is 11.7. The average Bonchev–Trinajstić information content (AvgIpc) is 3.30. The van der Waals surface area contributed by atoms with Crippen LogP contribution in [0.1, 0.15) is 29.9 Å². The third-order valence-electron chi connectivity index (χ3n) is 4.26. The Morgan fingerprint density at radius 3 is 2.70 bits per heavy atom. The van der Waals surface area contributed by atoms with Crippen LogP contribution in [0.3, 0.4) is 0 Å². The van der Waals surface area contributed by atoms with Gasteiger partial charge in [-0.2, -0.15) is 0 Å². The minimum atomic E-state index is -0.286. The van der Waals surface area contributed by atoms with Gasteiger partial charge in [0.05, 0.1) is 4.92 Å². The molecule has 1 aliphatic heterocycles. The van der Waals surface area contributed by atoms with Gasteiger partial charge in [-0.05, 0) is 36.3 Å². The fourth-order valence-corrected chi connectivity index (χ4v) is 2.91. The molecule has 0 radical (unpaired) electrons. The fraction of sp³-hybridized carbons (Fsp3) is 0.600. The van der Waals surface area contributed by atoms with E-state index in [9.17, 15) is 10.1 Å². The van der Waals surface area contributed by atoms with Crippen LogP contribution in [0.25, 0.3) is 0 Å². The van der Waals surface area contributed by atoms with Gasteiger partial charge in [-0.25, -0.2) is 0 Å². The largest absolute Gasteiger partial charge is 0.314 e. The number of hydrogen-bond donors (Lipinski definition) is 1. The molecule has 5 nitrogen and oxygen atoms in total. The van der Waals surface area contributed by atoms with Gasteiger partial charge >= 0.3 is 0 Å². The summed E-state index contributed by atoms with van der Waals surface area (Å²) in [5.41, 5.74) is 2.75. The monoisotopic (exact) mass is 275 g/mol. The van der Waals surface area contributed by atoms with Crippen LogP contribution in [0, 0.1) is 10.1 Å². The van der Waals surface area contributed by atoms with Crippen LogP contribution in [0.2, 0.25) is 0 Å². The SMILES string of the molecule is O=[N+]([O-])c1ccc(CCN2CCNCC2)c(C2CC2)c1. The molecule has 1 saturated heterocycles. The first-order valence-electron chi connectivity index (χ1n) is 7.44. The maximum absolute atomic E-state index is 10.9. The van der Waals surface area contributed by atoms with Crippen molar-refractivity contribution in [1.29, 1.82) is 0 Å². The quantitative estimate of drug-likeness (QED) is 0.659. The van der Waals surface area contributed by atoms with E-state index < -0.39 is 0 Å². The van der Waals surface area contributed by atoms with Gasteiger partial charge in [0.25, 0.3) is 5.69 Å². The molecule has 0 atom stereocenters. The maximum atomic E-state index is 10.9. The average molecular weight is 275 g/mol. The van der Waals surface area contributed by atoms with Gasteiger partial charge in [0.15, 0.2) is 0 Å². The molecule has 0 bridgehead atoms. The molecule has 1 saturated carbocycles. The van der Waals surface area contributed by atoms with E-state index in [-0.39, 0.29) is 10.6 Å². The van der Waals surface area contributed by atoms with E-state index >= 15 is 0 Å². The minimum absolute atomic E-state index is 0.234. The molecule has 0 spiro atoms. The Labute approximate surface area is 119 Å². The summed E-state index contributed by atoms with van der Waals surface area (Å²) in [5, 5.41) is 14.3. The zero-order chi connectivity index (χ0) is 13.9. The van der Waals surface area contributed by atoms with Crippen molar-refractivity contribution in [2.24, 2.45) is 0 Å². The van der Waals surface area contributed by atoms with Gasteiger partial charge in [-0.3, -0.25) is 10.1 Å². The second-order valence-corrected chi connectivity index (χ2v) is 5.76. The van der Waals surface area contributed by atoms with Crippen molar-refractivity contribution in [3.8, 4) is 0 Å². The molecule has 0 unspecified atom stereocenters. The molecule has 1 aliphatic carbocycles. The van der Waals surface area contributed by atoms with Crippen molar-refractivity contribution in [3.05, 3.63) is 39.4 Å². The Bertz CT molecular complexity index is 494. The van der Waals surface area contributed by atoms with Gasteiger partial charge in [0, 0.05) is 44.9 Å². The van der Waals surface area contributed by atoms with Gasteiger partial charge < -0.3 is 10.2 Å². The lowest BCUT2D eigenvalue weighted by molar-refractivity contribution is -0.384. The molecule has 1 aromatic rings. The molecular weight excluding hydrogens is 254 g/mol. The number of hydrogen-bond acceptors (Lipinski definition) is 4. The van der Waals surface area contributed by atoms with Crippen molar-refractivity contribution in [1.82, 2.24) is 10.2 Å². The highest BCUT2D eigenvalue weighted by Gasteiger charge is 2.27. The Hall–Kier alpha value is -1.46. The number of nitro groups is 1. The van der Waals surface area contributed by atoms with Crippen LogP contribution < -0.4 is 5.32 Å². The highest BCUT2D eigenvalue weighted by atomic mass is 16.6. The number of rotatable bonds is 5. The van der Waals surface area contributed by atoms with Crippen LogP contribution in [0.5, 0.6) is 0 Å². The molecule has 1 heterocycles. The highest BCUT2D eigenvalue weighted by molar-refractivity contribution is 5.43. The van der Waals surface area contributed by atoms with E-state index in [2.05, 4.69) is 10.2 Å². The number of benzene rings is 1. The first kappa shape index (κ1) is 13.5. The van der Waals surface area contributed by atoms with Crippen molar-refractivity contribution in [2.45, 2.75) is 25.2 Å². The summed E-state index contributed by atoms with van der Waals surface area (Å²) < 4.78 is 0. The van der Waals surface area contributed by atoms with Crippen molar-refractivity contribution in [3.63, 3.8) is 0 Å². The van der Waals surface area contributed by atoms with Gasteiger partial charge in [-0.1, -0.05) is 6.07 Å². The maximum Gasteiger partial charge on any atom is 0.269 e. The molecule has 1 aromatic carbocycles. The lowest BCUT2D eigenvalue weighted by atomic mass is 9.99. The zero-order valence-electron chi connectivity index (χ0n) is 11.7. The van der Waals surface area contributed by atoms with E-state index in [1.54, 1.807) is 12.1 Å². The summed E-state index contributed by atoms with van der Waals surface area (Å²) in [4.78, 5) is 13.1. The van der Waals surface area contributed by atoms with Crippen molar-refractivity contribution in [2.75, 3.05) is 32.7 Å². The van der Waals surface area contributed by atoms with Crippen LogP contribution in [0.15, 0.2) is 18.2 Å². The third-order valence-corrected chi connectivity index (χ3v) is 4.26. The first-order chi connectivity index (χ1) is 9.74. The van der Waals surface area contributed by atoms with Gasteiger partial charge in [-0.15, -0.1) is 0 Å². The van der Waals surface area contributed by atoms with Crippen LogP contribution in [-0.4, -0.2) is 42.5 Å². The molecule has 5 heteroatoms. The summed E-state index contributed by atoms with van der Waals surface area (Å²) >= 11 is 0.